The molecule has 0 bridgehead atoms. The van der Waals surface area contributed by atoms with Crippen LogP contribution in [0.5, 0.6) is 11.5 Å². The Morgan fingerprint density at radius 3 is 1.77 bits per heavy atom. The highest BCUT2D eigenvalue weighted by Crippen LogP contribution is 2.45. The predicted molar refractivity (Wildman–Crippen MR) is 196 cm³/mol. The molecule has 6 heteroatoms. The summed E-state index contributed by atoms with van der Waals surface area (Å²) in [5, 5.41) is 0. The van der Waals surface area contributed by atoms with Crippen LogP contribution in [0.25, 0.3) is 0 Å². The van der Waals surface area contributed by atoms with Gasteiger partial charge in [-0.3, -0.25) is 4.98 Å². The third kappa shape index (κ3) is 3.82. The molecule has 218 valence electrons. The Morgan fingerprint density at radius 1 is 0.447 bits per heavy atom. The highest BCUT2D eigenvalue weighted by Gasteiger charge is 2.47. The molecule has 0 saturated heterocycles. The second-order valence-electron chi connectivity index (χ2n) is 12.3. The number of ether oxygens (including phenoxy) is 1. The van der Waals surface area contributed by atoms with Gasteiger partial charge in [-0.05, 0) is 69.8 Å². The molecule has 0 aliphatic carbocycles. The van der Waals surface area contributed by atoms with E-state index in [2.05, 4.69) is 166 Å². The van der Waals surface area contributed by atoms with Crippen LogP contribution in [0.1, 0.15) is 0 Å². The van der Waals surface area contributed by atoms with Crippen LogP contribution in [-0.2, 0) is 0 Å². The number of para-hydroxylation sites is 4. The molecule has 0 fully saturated rings. The summed E-state index contributed by atoms with van der Waals surface area (Å²) in [7, 11) is 0. The minimum atomic E-state index is -0.0184. The van der Waals surface area contributed by atoms with Crippen LogP contribution in [0.2, 0.25) is 0 Å². The molecule has 0 atom stereocenters. The van der Waals surface area contributed by atoms with Gasteiger partial charge in [0, 0.05) is 52.6 Å². The molecule has 4 nitrogen and oxygen atoms in total. The van der Waals surface area contributed by atoms with Gasteiger partial charge in [-0.1, -0.05) is 109 Å². The van der Waals surface area contributed by atoms with Crippen LogP contribution in [0.3, 0.4) is 0 Å². The maximum atomic E-state index is 6.94. The molecule has 4 heterocycles. The first-order chi connectivity index (χ1) is 23.4. The van der Waals surface area contributed by atoms with Gasteiger partial charge in [0.15, 0.2) is 0 Å². The van der Waals surface area contributed by atoms with Crippen molar-refractivity contribution in [3.63, 3.8) is 0 Å². The fraction of sp³-hybridized carbons (Fsp3) is 0. The van der Waals surface area contributed by atoms with E-state index in [0.717, 1.165) is 34.2 Å². The maximum absolute atomic E-state index is 6.94. The number of hydrogen-bond donors (Lipinski definition) is 0. The molecule has 6 aromatic carbocycles. The Labute approximate surface area is 274 Å². The first kappa shape index (κ1) is 26.2. The number of anilines is 6. The van der Waals surface area contributed by atoms with Crippen molar-refractivity contribution >= 4 is 80.3 Å². The van der Waals surface area contributed by atoms with E-state index in [4.69, 9.17) is 4.74 Å². The number of rotatable bonds is 3. The molecule has 3 aliphatic rings. The van der Waals surface area contributed by atoms with Crippen molar-refractivity contribution < 1.29 is 4.74 Å². The van der Waals surface area contributed by atoms with Gasteiger partial charge in [0.1, 0.15) is 11.5 Å². The number of nitrogens with zero attached hydrogens (tertiary/aromatic N) is 3. The Balaban J connectivity index is 1.39. The van der Waals surface area contributed by atoms with E-state index >= 15 is 0 Å². The Kier molecular flexibility index (Phi) is 5.73. The molecule has 10 rings (SSSR count). The number of benzene rings is 6. The van der Waals surface area contributed by atoms with Gasteiger partial charge in [0.05, 0.1) is 0 Å². The van der Waals surface area contributed by atoms with Crippen molar-refractivity contribution in [1.82, 2.24) is 4.98 Å². The minimum Gasteiger partial charge on any atom is -0.458 e. The standard InChI is InChI=1S/C41H27B2N3O/c1-3-13-28(14-4-1)42-31-17-7-10-20-34(31)45(30-23-25-44-26-24-30)36-27-38-40-41(39(36)42)46(29-15-5-2-6-16-29)35-21-11-8-18-32(35)43(40)33-19-9-12-22-37(33)47-38/h1-27H. The van der Waals surface area contributed by atoms with Gasteiger partial charge < -0.3 is 14.5 Å². The second kappa shape index (κ2) is 10.3. The average molecular weight is 599 g/mol. The van der Waals surface area contributed by atoms with Gasteiger partial charge in [0.2, 0.25) is 6.71 Å². The first-order valence-electron chi connectivity index (χ1n) is 16.1. The molecule has 7 aromatic rings. The van der Waals surface area contributed by atoms with E-state index in [1.54, 1.807) is 0 Å². The van der Waals surface area contributed by atoms with E-state index in [9.17, 15) is 0 Å². The number of aromatic nitrogens is 1. The van der Waals surface area contributed by atoms with E-state index < -0.39 is 0 Å². The second-order valence-corrected chi connectivity index (χ2v) is 12.3. The quantitative estimate of drug-likeness (QED) is 0.241. The largest absolute Gasteiger partial charge is 0.458 e. The maximum Gasteiger partial charge on any atom is 0.256 e. The van der Waals surface area contributed by atoms with Crippen molar-refractivity contribution in [2.75, 3.05) is 9.80 Å². The van der Waals surface area contributed by atoms with Crippen LogP contribution in [0, 0.1) is 0 Å². The lowest BCUT2D eigenvalue weighted by Crippen LogP contribution is -2.65. The third-order valence-corrected chi connectivity index (χ3v) is 9.86. The van der Waals surface area contributed by atoms with E-state index in [1.807, 2.05) is 12.4 Å². The van der Waals surface area contributed by atoms with Gasteiger partial charge >= 0.3 is 0 Å². The Bertz CT molecular complexity index is 2310. The monoisotopic (exact) mass is 599 g/mol. The molecule has 1 aromatic heterocycles. The molecule has 0 spiro atoms. The smallest absolute Gasteiger partial charge is 0.256 e. The fourth-order valence-electron chi connectivity index (χ4n) is 8.03. The zero-order chi connectivity index (χ0) is 30.9. The van der Waals surface area contributed by atoms with Gasteiger partial charge in [0.25, 0.3) is 6.71 Å². The Hall–Kier alpha value is -6.00. The van der Waals surface area contributed by atoms with Crippen LogP contribution in [-0.4, -0.2) is 18.4 Å². The SMILES string of the molecule is c1ccc(B2c3ccccc3N(c3ccncc3)c3cc4c5c(c32)N(c2ccccc2)c2ccccc2B5c2ccccc2O4)cc1. The van der Waals surface area contributed by atoms with Gasteiger partial charge in [-0.25, -0.2) is 0 Å². The van der Waals surface area contributed by atoms with Gasteiger partial charge in [-0.15, -0.1) is 0 Å². The number of pyridine rings is 1. The van der Waals surface area contributed by atoms with Crippen molar-refractivity contribution in [3.8, 4) is 11.5 Å². The van der Waals surface area contributed by atoms with Crippen LogP contribution in [0.15, 0.2) is 164 Å². The lowest BCUT2D eigenvalue weighted by molar-refractivity contribution is 0.488. The molecular weight excluding hydrogens is 572 g/mol. The molecule has 47 heavy (non-hydrogen) atoms. The topological polar surface area (TPSA) is 28.6 Å². The third-order valence-electron chi connectivity index (χ3n) is 9.86. The Morgan fingerprint density at radius 2 is 1.02 bits per heavy atom. The summed E-state index contributed by atoms with van der Waals surface area (Å²) < 4.78 is 6.94. The summed E-state index contributed by atoms with van der Waals surface area (Å²) in [5.74, 6) is 1.80. The number of hydrogen-bond acceptors (Lipinski definition) is 4. The highest BCUT2D eigenvalue weighted by atomic mass is 16.5. The van der Waals surface area contributed by atoms with E-state index in [-0.39, 0.29) is 13.4 Å². The minimum absolute atomic E-state index is 0.0184. The van der Waals surface area contributed by atoms with E-state index in [1.165, 1.54) is 44.2 Å². The lowest BCUT2D eigenvalue weighted by Gasteiger charge is -2.45. The molecule has 0 unspecified atom stereocenters. The fourth-order valence-corrected chi connectivity index (χ4v) is 8.03. The highest BCUT2D eigenvalue weighted by molar-refractivity contribution is 7.03. The predicted octanol–water partition coefficient (Wildman–Crippen LogP) is 5.79. The summed E-state index contributed by atoms with van der Waals surface area (Å²) >= 11 is 0. The summed E-state index contributed by atoms with van der Waals surface area (Å²) in [5.41, 5.74) is 14.3. The summed E-state index contributed by atoms with van der Waals surface area (Å²) in [6, 6.07) is 54.5. The van der Waals surface area contributed by atoms with Gasteiger partial charge in [-0.2, -0.15) is 0 Å². The summed E-state index contributed by atoms with van der Waals surface area (Å²) in [6.45, 7) is 0.00413. The first-order valence-corrected chi connectivity index (χ1v) is 16.1. The molecule has 0 radical (unpaired) electrons. The zero-order valence-electron chi connectivity index (χ0n) is 25.5. The average Bonchev–Trinajstić information content (AvgIpc) is 3.14. The molecular formula is C41H27B2N3O. The lowest BCUT2D eigenvalue weighted by atomic mass is 9.30. The molecule has 0 amide bonds. The summed E-state index contributed by atoms with van der Waals surface area (Å²) in [6.07, 6.45) is 3.75. The molecule has 0 saturated carbocycles. The number of fused-ring (bicyclic) bond motifs is 7. The normalized spacial score (nSPS) is 13.5. The van der Waals surface area contributed by atoms with Crippen molar-refractivity contribution in [2.45, 2.75) is 0 Å². The molecule has 0 N–H and O–H groups in total. The van der Waals surface area contributed by atoms with Crippen LogP contribution in [0.4, 0.5) is 34.1 Å². The zero-order valence-corrected chi connectivity index (χ0v) is 25.5. The van der Waals surface area contributed by atoms with Crippen molar-refractivity contribution in [2.24, 2.45) is 0 Å². The van der Waals surface area contributed by atoms with E-state index in [0.29, 0.717) is 0 Å². The molecule has 3 aliphatic heterocycles. The van der Waals surface area contributed by atoms with Crippen LogP contribution < -0.4 is 47.3 Å². The van der Waals surface area contributed by atoms with Crippen molar-refractivity contribution in [1.29, 1.82) is 0 Å². The van der Waals surface area contributed by atoms with Crippen molar-refractivity contribution in [3.05, 3.63) is 164 Å². The van der Waals surface area contributed by atoms with Crippen LogP contribution >= 0.6 is 0 Å². The summed E-state index contributed by atoms with van der Waals surface area (Å²) in [4.78, 5) is 9.26.